The molecule has 0 heterocycles. The van der Waals surface area contributed by atoms with Gasteiger partial charge in [0.15, 0.2) is 23.9 Å². The van der Waals surface area contributed by atoms with Crippen molar-refractivity contribution in [3.63, 3.8) is 0 Å². The van der Waals surface area contributed by atoms with Crippen LogP contribution in [0.4, 0.5) is 5.69 Å². The zero-order chi connectivity index (χ0) is 22.2. The highest BCUT2D eigenvalue weighted by Gasteiger charge is 2.13. The molecule has 3 aromatic rings. The van der Waals surface area contributed by atoms with Crippen molar-refractivity contribution in [3.8, 4) is 11.5 Å². The summed E-state index contributed by atoms with van der Waals surface area (Å²) in [6.07, 6.45) is 0. The molecular formula is C24H21NO6. The van der Waals surface area contributed by atoms with Gasteiger partial charge in [0, 0.05) is 16.8 Å². The highest BCUT2D eigenvalue weighted by molar-refractivity contribution is 6.05. The van der Waals surface area contributed by atoms with Gasteiger partial charge in [-0.3, -0.25) is 9.59 Å². The Morgan fingerprint density at radius 2 is 1.39 bits per heavy atom. The number of ether oxygens (including phenoxy) is 3. The van der Waals surface area contributed by atoms with Gasteiger partial charge in [0.2, 0.25) is 0 Å². The Kier molecular flexibility index (Phi) is 7.01. The largest absolute Gasteiger partial charge is 0.493 e. The lowest BCUT2D eigenvalue weighted by atomic mass is 10.1. The van der Waals surface area contributed by atoms with Crippen molar-refractivity contribution >= 4 is 23.3 Å². The normalized spacial score (nSPS) is 10.1. The van der Waals surface area contributed by atoms with Crippen molar-refractivity contribution in [1.82, 2.24) is 0 Å². The maximum atomic E-state index is 12.5. The Labute approximate surface area is 179 Å². The van der Waals surface area contributed by atoms with E-state index in [9.17, 15) is 14.4 Å². The van der Waals surface area contributed by atoms with Crippen LogP contribution in [-0.2, 0) is 4.74 Å². The molecule has 0 aromatic heterocycles. The van der Waals surface area contributed by atoms with Crippen LogP contribution in [0.3, 0.4) is 0 Å². The summed E-state index contributed by atoms with van der Waals surface area (Å²) in [7, 11) is 3.01. The third-order valence-electron chi connectivity index (χ3n) is 4.45. The second-order valence-electron chi connectivity index (χ2n) is 6.47. The number of Topliss-reactive ketones (excluding diaryl/α,β-unsaturated/α-hetero) is 1. The number of hydrogen-bond donors (Lipinski definition) is 1. The van der Waals surface area contributed by atoms with E-state index in [-0.39, 0.29) is 23.9 Å². The molecule has 158 valence electrons. The van der Waals surface area contributed by atoms with Gasteiger partial charge in [-0.1, -0.05) is 30.3 Å². The van der Waals surface area contributed by atoms with Gasteiger partial charge in [-0.25, -0.2) is 4.79 Å². The standard InChI is InChI=1S/C24H21NO6/c1-29-21-13-10-18(14-22(21)30-2)23(27)25-19-11-8-17(9-12-19)24(28)31-15-20(26)16-6-4-3-5-7-16/h3-14H,15H2,1-2H3,(H,25,27). The fraction of sp³-hybridized carbons (Fsp3) is 0.125. The number of methoxy groups -OCH3 is 2. The first kappa shape index (κ1) is 21.6. The van der Waals surface area contributed by atoms with Gasteiger partial charge < -0.3 is 19.5 Å². The van der Waals surface area contributed by atoms with Crippen molar-refractivity contribution in [1.29, 1.82) is 0 Å². The van der Waals surface area contributed by atoms with E-state index in [0.29, 0.717) is 28.3 Å². The van der Waals surface area contributed by atoms with Gasteiger partial charge in [0.1, 0.15) is 0 Å². The van der Waals surface area contributed by atoms with Crippen molar-refractivity contribution in [2.24, 2.45) is 0 Å². The third-order valence-corrected chi connectivity index (χ3v) is 4.45. The summed E-state index contributed by atoms with van der Waals surface area (Å²) in [4.78, 5) is 36.7. The van der Waals surface area contributed by atoms with Crippen LogP contribution in [0.2, 0.25) is 0 Å². The molecule has 0 aliphatic carbocycles. The van der Waals surface area contributed by atoms with Gasteiger partial charge in [-0.05, 0) is 42.5 Å². The molecule has 0 fully saturated rings. The summed E-state index contributed by atoms with van der Waals surface area (Å²) in [5.74, 6) is -0.287. The second kappa shape index (κ2) is 10.1. The number of nitrogens with one attached hydrogen (secondary N) is 1. The van der Waals surface area contributed by atoms with Crippen molar-refractivity contribution in [2.75, 3.05) is 26.1 Å². The lowest BCUT2D eigenvalue weighted by Crippen LogP contribution is -2.15. The van der Waals surface area contributed by atoms with Crippen LogP contribution < -0.4 is 14.8 Å². The van der Waals surface area contributed by atoms with Gasteiger partial charge in [-0.15, -0.1) is 0 Å². The number of benzene rings is 3. The predicted molar refractivity (Wildman–Crippen MR) is 115 cm³/mol. The predicted octanol–water partition coefficient (Wildman–Crippen LogP) is 4.00. The SMILES string of the molecule is COc1ccc(C(=O)Nc2ccc(C(=O)OCC(=O)c3ccccc3)cc2)cc1OC. The number of ketones is 1. The van der Waals surface area contributed by atoms with E-state index in [4.69, 9.17) is 14.2 Å². The molecule has 0 bridgehead atoms. The molecule has 3 aromatic carbocycles. The summed E-state index contributed by atoms with van der Waals surface area (Å²) in [5.41, 5.74) is 1.63. The number of carbonyl (C=O) groups is 3. The first-order valence-electron chi connectivity index (χ1n) is 9.40. The average molecular weight is 419 g/mol. The molecule has 0 unspecified atom stereocenters. The van der Waals surface area contributed by atoms with Crippen LogP contribution in [-0.4, -0.2) is 38.5 Å². The summed E-state index contributed by atoms with van der Waals surface area (Å²) in [6.45, 7) is -0.347. The molecule has 0 saturated heterocycles. The number of hydrogen-bond acceptors (Lipinski definition) is 6. The van der Waals surface area contributed by atoms with Crippen LogP contribution in [0, 0.1) is 0 Å². The smallest absolute Gasteiger partial charge is 0.338 e. The maximum absolute atomic E-state index is 12.5. The van der Waals surface area contributed by atoms with E-state index in [1.807, 2.05) is 0 Å². The van der Waals surface area contributed by atoms with Crippen LogP contribution in [0.1, 0.15) is 31.1 Å². The van der Waals surface area contributed by atoms with Gasteiger partial charge in [0.05, 0.1) is 19.8 Å². The summed E-state index contributed by atoms with van der Waals surface area (Å²) in [6, 6.07) is 19.6. The third kappa shape index (κ3) is 5.48. The van der Waals surface area contributed by atoms with E-state index >= 15 is 0 Å². The zero-order valence-corrected chi connectivity index (χ0v) is 17.1. The zero-order valence-electron chi connectivity index (χ0n) is 17.1. The number of esters is 1. The molecule has 1 amide bonds. The van der Waals surface area contributed by atoms with Crippen molar-refractivity contribution in [3.05, 3.63) is 89.5 Å². The Bertz CT molecular complexity index is 1080. The monoisotopic (exact) mass is 419 g/mol. The summed E-state index contributed by atoms with van der Waals surface area (Å²) >= 11 is 0. The minimum absolute atomic E-state index is 0.268. The molecule has 7 nitrogen and oxygen atoms in total. The average Bonchev–Trinajstić information content (AvgIpc) is 2.82. The molecule has 0 aliphatic heterocycles. The van der Waals surface area contributed by atoms with E-state index in [2.05, 4.69) is 5.32 Å². The van der Waals surface area contributed by atoms with E-state index < -0.39 is 5.97 Å². The first-order valence-corrected chi connectivity index (χ1v) is 9.40. The molecular weight excluding hydrogens is 398 g/mol. The second-order valence-corrected chi connectivity index (χ2v) is 6.47. The van der Waals surface area contributed by atoms with Gasteiger partial charge in [-0.2, -0.15) is 0 Å². The summed E-state index contributed by atoms with van der Waals surface area (Å²) in [5, 5.41) is 2.74. The molecule has 0 atom stereocenters. The Hall–Kier alpha value is -4.13. The fourth-order valence-electron chi connectivity index (χ4n) is 2.79. The number of amides is 1. The number of rotatable bonds is 8. The highest BCUT2D eigenvalue weighted by Crippen LogP contribution is 2.27. The quantitative estimate of drug-likeness (QED) is 0.438. The van der Waals surface area contributed by atoms with Crippen LogP contribution in [0.15, 0.2) is 72.8 Å². The molecule has 31 heavy (non-hydrogen) atoms. The van der Waals surface area contributed by atoms with Gasteiger partial charge >= 0.3 is 5.97 Å². The minimum Gasteiger partial charge on any atom is -0.493 e. The molecule has 0 radical (unpaired) electrons. The van der Waals surface area contributed by atoms with E-state index in [0.717, 1.165) is 0 Å². The Morgan fingerprint density at radius 1 is 0.742 bits per heavy atom. The maximum Gasteiger partial charge on any atom is 0.338 e. The van der Waals surface area contributed by atoms with E-state index in [1.165, 1.54) is 26.4 Å². The molecule has 0 saturated carbocycles. The van der Waals surface area contributed by atoms with Crippen molar-refractivity contribution in [2.45, 2.75) is 0 Å². The molecule has 1 N–H and O–H groups in total. The molecule has 3 rings (SSSR count). The van der Waals surface area contributed by atoms with Gasteiger partial charge in [0.25, 0.3) is 5.91 Å². The number of carbonyl (C=O) groups excluding carboxylic acids is 3. The van der Waals surface area contributed by atoms with E-state index in [1.54, 1.807) is 60.7 Å². The van der Waals surface area contributed by atoms with Crippen LogP contribution in [0.25, 0.3) is 0 Å². The topological polar surface area (TPSA) is 90.9 Å². The Balaban J connectivity index is 1.59. The van der Waals surface area contributed by atoms with Crippen LogP contribution >= 0.6 is 0 Å². The minimum atomic E-state index is -0.623. The molecule has 7 heteroatoms. The van der Waals surface area contributed by atoms with Crippen molar-refractivity contribution < 1.29 is 28.6 Å². The van der Waals surface area contributed by atoms with Crippen LogP contribution in [0.5, 0.6) is 11.5 Å². The molecule has 0 spiro atoms. The lowest BCUT2D eigenvalue weighted by molar-refractivity contribution is 0.0475. The summed E-state index contributed by atoms with van der Waals surface area (Å²) < 4.78 is 15.5. The first-order chi connectivity index (χ1) is 15.0. The highest BCUT2D eigenvalue weighted by atomic mass is 16.5. The Morgan fingerprint density at radius 3 is 2.03 bits per heavy atom. The fourth-order valence-corrected chi connectivity index (χ4v) is 2.79. The lowest BCUT2D eigenvalue weighted by Gasteiger charge is -2.10. The number of anilines is 1. The molecule has 0 aliphatic rings.